The van der Waals surface area contributed by atoms with Crippen molar-refractivity contribution in [1.29, 1.82) is 0 Å². The van der Waals surface area contributed by atoms with Gasteiger partial charge in [0.1, 0.15) is 11.6 Å². The fourth-order valence-electron chi connectivity index (χ4n) is 2.88. The fourth-order valence-corrected chi connectivity index (χ4v) is 2.88. The van der Waals surface area contributed by atoms with Gasteiger partial charge in [0.15, 0.2) is 0 Å². The summed E-state index contributed by atoms with van der Waals surface area (Å²) in [5.74, 6) is -0.754. The normalized spacial score (nSPS) is 17.8. The first-order chi connectivity index (χ1) is 9.74. The Morgan fingerprint density at radius 2 is 1.95 bits per heavy atom. The van der Waals surface area contributed by atoms with Crippen molar-refractivity contribution >= 4 is 0 Å². The number of nitrogens with one attached hydrogen (secondary N) is 1. The van der Waals surface area contributed by atoms with Crippen LogP contribution in [0.15, 0.2) is 42.5 Å². The molecule has 1 N–H and O–H groups in total. The summed E-state index contributed by atoms with van der Waals surface area (Å²) in [5.41, 5.74) is 3.03. The van der Waals surface area contributed by atoms with E-state index in [0.717, 1.165) is 25.3 Å². The van der Waals surface area contributed by atoms with Gasteiger partial charge >= 0.3 is 0 Å². The van der Waals surface area contributed by atoms with E-state index in [9.17, 15) is 8.78 Å². The highest BCUT2D eigenvalue weighted by Gasteiger charge is 2.19. The maximum Gasteiger partial charge on any atom is 0.127 e. The van der Waals surface area contributed by atoms with Crippen LogP contribution in [0, 0.1) is 11.6 Å². The molecular formula is C17H17F2N. The molecule has 1 atom stereocenters. The van der Waals surface area contributed by atoms with Gasteiger partial charge in [-0.15, -0.1) is 0 Å². The van der Waals surface area contributed by atoms with Gasteiger partial charge < -0.3 is 5.32 Å². The van der Waals surface area contributed by atoms with Crippen LogP contribution in [0.5, 0.6) is 0 Å². The van der Waals surface area contributed by atoms with Gasteiger partial charge in [-0.3, -0.25) is 0 Å². The van der Waals surface area contributed by atoms with E-state index in [4.69, 9.17) is 0 Å². The molecule has 2 aromatic carbocycles. The Morgan fingerprint density at radius 3 is 2.85 bits per heavy atom. The van der Waals surface area contributed by atoms with Crippen molar-refractivity contribution in [2.75, 3.05) is 0 Å². The van der Waals surface area contributed by atoms with E-state index in [1.165, 1.54) is 23.3 Å². The summed E-state index contributed by atoms with van der Waals surface area (Å²) in [5, 5.41) is 3.36. The maximum atomic E-state index is 13.6. The first-order valence-electron chi connectivity index (χ1n) is 6.99. The minimum absolute atomic E-state index is 0.225. The van der Waals surface area contributed by atoms with Gasteiger partial charge in [-0.05, 0) is 48.6 Å². The molecule has 20 heavy (non-hydrogen) atoms. The van der Waals surface area contributed by atoms with Gasteiger partial charge in [0.05, 0.1) is 0 Å². The minimum atomic E-state index is -0.396. The van der Waals surface area contributed by atoms with E-state index in [1.807, 2.05) is 12.1 Å². The maximum absolute atomic E-state index is 13.6. The third kappa shape index (κ3) is 2.73. The Labute approximate surface area is 117 Å². The Hall–Kier alpha value is -1.74. The molecule has 1 aliphatic rings. The zero-order valence-electron chi connectivity index (χ0n) is 11.2. The highest BCUT2D eigenvalue weighted by molar-refractivity contribution is 5.32. The van der Waals surface area contributed by atoms with Gasteiger partial charge in [-0.1, -0.05) is 24.3 Å². The molecule has 3 heteroatoms. The molecule has 1 aliphatic carbocycles. The van der Waals surface area contributed by atoms with Gasteiger partial charge in [-0.25, -0.2) is 8.78 Å². The van der Waals surface area contributed by atoms with E-state index in [2.05, 4.69) is 17.4 Å². The van der Waals surface area contributed by atoms with E-state index in [-0.39, 0.29) is 11.9 Å². The molecule has 0 aliphatic heterocycles. The van der Waals surface area contributed by atoms with Crippen LogP contribution in [-0.2, 0) is 13.0 Å². The molecule has 0 aromatic heterocycles. The quantitative estimate of drug-likeness (QED) is 0.886. The lowest BCUT2D eigenvalue weighted by atomic mass is 9.87. The van der Waals surface area contributed by atoms with Crippen molar-refractivity contribution < 1.29 is 8.78 Å². The summed E-state index contributed by atoms with van der Waals surface area (Å²) in [6, 6.07) is 12.2. The Kier molecular flexibility index (Phi) is 3.79. The molecule has 0 saturated heterocycles. The molecule has 2 aromatic rings. The van der Waals surface area contributed by atoms with Crippen molar-refractivity contribution in [2.24, 2.45) is 0 Å². The average molecular weight is 273 g/mol. The second kappa shape index (κ2) is 5.71. The van der Waals surface area contributed by atoms with Crippen molar-refractivity contribution in [1.82, 2.24) is 5.32 Å². The molecule has 0 saturated carbocycles. The number of hydrogen-bond donors (Lipinski definition) is 1. The molecule has 0 fully saturated rings. The number of halogens is 2. The van der Waals surface area contributed by atoms with E-state index in [1.54, 1.807) is 0 Å². The lowest BCUT2D eigenvalue weighted by molar-refractivity contribution is 0.451. The van der Waals surface area contributed by atoms with Crippen LogP contribution in [0.2, 0.25) is 0 Å². The standard InChI is InChI=1S/C17H17F2N/c18-14-8-9-16(19)13(10-14)11-20-17-7-3-5-12-4-1-2-6-15(12)17/h1-2,4,6,8-10,17,20H,3,5,7,11H2. The second-order valence-electron chi connectivity index (χ2n) is 5.26. The Morgan fingerprint density at radius 1 is 1.10 bits per heavy atom. The molecule has 1 unspecified atom stereocenters. The van der Waals surface area contributed by atoms with Crippen LogP contribution in [-0.4, -0.2) is 0 Å². The van der Waals surface area contributed by atoms with Gasteiger partial charge in [0.25, 0.3) is 0 Å². The molecule has 0 bridgehead atoms. The van der Waals surface area contributed by atoms with Crippen LogP contribution < -0.4 is 5.32 Å². The molecule has 0 heterocycles. The third-order valence-electron chi connectivity index (χ3n) is 3.92. The molecule has 1 nitrogen and oxygen atoms in total. The Balaban J connectivity index is 1.75. The zero-order chi connectivity index (χ0) is 13.9. The summed E-state index contributed by atoms with van der Waals surface area (Å²) >= 11 is 0. The monoisotopic (exact) mass is 273 g/mol. The molecule has 104 valence electrons. The summed E-state index contributed by atoms with van der Waals surface area (Å²) in [6.07, 6.45) is 3.26. The molecule has 0 spiro atoms. The molecular weight excluding hydrogens is 256 g/mol. The molecule has 0 radical (unpaired) electrons. The predicted molar refractivity (Wildman–Crippen MR) is 75.3 cm³/mol. The van der Waals surface area contributed by atoms with Crippen LogP contribution in [0.3, 0.4) is 0 Å². The van der Waals surface area contributed by atoms with E-state index < -0.39 is 5.82 Å². The SMILES string of the molecule is Fc1ccc(F)c(CNC2CCCc3ccccc32)c1. The topological polar surface area (TPSA) is 12.0 Å². The summed E-state index contributed by atoms with van der Waals surface area (Å²) in [7, 11) is 0. The summed E-state index contributed by atoms with van der Waals surface area (Å²) in [4.78, 5) is 0. The first-order valence-corrected chi connectivity index (χ1v) is 6.99. The highest BCUT2D eigenvalue weighted by atomic mass is 19.1. The third-order valence-corrected chi connectivity index (χ3v) is 3.92. The van der Waals surface area contributed by atoms with E-state index in [0.29, 0.717) is 12.1 Å². The zero-order valence-corrected chi connectivity index (χ0v) is 11.2. The summed E-state index contributed by atoms with van der Waals surface area (Å²) in [6.45, 7) is 0.350. The number of rotatable bonds is 3. The van der Waals surface area contributed by atoms with Crippen LogP contribution in [0.25, 0.3) is 0 Å². The van der Waals surface area contributed by atoms with Crippen LogP contribution in [0.1, 0.15) is 35.6 Å². The predicted octanol–water partition coefficient (Wildman–Crippen LogP) is 4.13. The lowest BCUT2D eigenvalue weighted by Crippen LogP contribution is -2.25. The number of fused-ring (bicyclic) bond motifs is 1. The summed E-state index contributed by atoms with van der Waals surface area (Å²) < 4.78 is 26.8. The largest absolute Gasteiger partial charge is 0.306 e. The van der Waals surface area contributed by atoms with Crippen molar-refractivity contribution in [2.45, 2.75) is 31.8 Å². The van der Waals surface area contributed by atoms with Crippen molar-refractivity contribution in [3.63, 3.8) is 0 Å². The second-order valence-corrected chi connectivity index (χ2v) is 5.26. The first kappa shape index (κ1) is 13.3. The van der Waals surface area contributed by atoms with E-state index >= 15 is 0 Å². The van der Waals surface area contributed by atoms with Crippen LogP contribution >= 0.6 is 0 Å². The number of benzene rings is 2. The van der Waals surface area contributed by atoms with Gasteiger partial charge in [0.2, 0.25) is 0 Å². The average Bonchev–Trinajstić information content (AvgIpc) is 2.48. The highest BCUT2D eigenvalue weighted by Crippen LogP contribution is 2.29. The number of hydrogen-bond acceptors (Lipinski definition) is 1. The fraction of sp³-hybridized carbons (Fsp3) is 0.294. The Bertz CT molecular complexity index is 610. The minimum Gasteiger partial charge on any atom is -0.306 e. The van der Waals surface area contributed by atoms with Gasteiger partial charge in [0, 0.05) is 18.2 Å². The molecule has 3 rings (SSSR count). The molecule has 0 amide bonds. The lowest BCUT2D eigenvalue weighted by Gasteiger charge is -2.26. The van der Waals surface area contributed by atoms with Crippen LogP contribution in [0.4, 0.5) is 8.78 Å². The smallest absolute Gasteiger partial charge is 0.127 e. The van der Waals surface area contributed by atoms with Crippen molar-refractivity contribution in [3.05, 3.63) is 70.8 Å². The van der Waals surface area contributed by atoms with Crippen molar-refractivity contribution in [3.8, 4) is 0 Å². The number of aryl methyl sites for hydroxylation is 1. The van der Waals surface area contributed by atoms with Gasteiger partial charge in [-0.2, -0.15) is 0 Å².